The van der Waals surface area contributed by atoms with Crippen LogP contribution in [0.3, 0.4) is 0 Å². The predicted octanol–water partition coefficient (Wildman–Crippen LogP) is 3.45. The topological polar surface area (TPSA) is 90.9 Å². The van der Waals surface area contributed by atoms with Gasteiger partial charge in [0.05, 0.1) is 39.4 Å². The average molecular weight is 407 g/mol. The highest BCUT2D eigenvalue weighted by Crippen LogP contribution is 2.29. The summed E-state index contributed by atoms with van der Waals surface area (Å²) in [6.45, 7) is 4.51. The summed E-state index contributed by atoms with van der Waals surface area (Å²) in [7, 11) is 0. The second-order valence-electron chi connectivity index (χ2n) is 6.42. The van der Waals surface area contributed by atoms with Gasteiger partial charge in [0.25, 0.3) is 17.3 Å². The molecule has 9 heteroatoms. The van der Waals surface area contributed by atoms with Crippen molar-refractivity contribution >= 4 is 51.6 Å². The molecule has 0 spiro atoms. The highest BCUT2D eigenvalue weighted by Gasteiger charge is 2.27. The van der Waals surface area contributed by atoms with Gasteiger partial charge < -0.3 is 10.5 Å². The van der Waals surface area contributed by atoms with Crippen molar-refractivity contribution in [3.05, 3.63) is 57.7 Å². The number of carbonyl (C=O) groups excluding carboxylic acids is 2. The van der Waals surface area contributed by atoms with E-state index in [1.165, 1.54) is 30.9 Å². The SMILES string of the molecule is CC(C)Cn1cc(C(=O)C(=O)Nc2c(Cl)cncc2Cl)c2ccc[n+]([O-])c21. The van der Waals surface area contributed by atoms with E-state index in [0.717, 1.165) is 0 Å². The number of rotatable bonds is 5. The number of amides is 1. The Balaban J connectivity index is 2.00. The van der Waals surface area contributed by atoms with Crippen LogP contribution in [-0.4, -0.2) is 21.2 Å². The third kappa shape index (κ3) is 3.74. The van der Waals surface area contributed by atoms with Crippen LogP contribution in [-0.2, 0) is 11.3 Å². The maximum Gasteiger partial charge on any atom is 0.297 e. The van der Waals surface area contributed by atoms with E-state index < -0.39 is 11.7 Å². The number of anilines is 1. The quantitative estimate of drug-likeness (QED) is 0.304. The summed E-state index contributed by atoms with van der Waals surface area (Å²) in [4.78, 5) is 29.0. The van der Waals surface area contributed by atoms with Crippen LogP contribution < -0.4 is 10.0 Å². The first-order chi connectivity index (χ1) is 12.8. The van der Waals surface area contributed by atoms with E-state index in [4.69, 9.17) is 23.2 Å². The summed E-state index contributed by atoms with van der Waals surface area (Å²) in [5.74, 6) is -1.46. The summed E-state index contributed by atoms with van der Waals surface area (Å²) < 4.78 is 2.36. The number of nitrogens with one attached hydrogen (secondary N) is 1. The minimum atomic E-state index is -0.908. The summed E-state index contributed by atoms with van der Waals surface area (Å²) in [5, 5.41) is 15.3. The molecule has 3 aromatic rings. The van der Waals surface area contributed by atoms with Gasteiger partial charge in [-0.15, -0.1) is 0 Å². The first-order valence-electron chi connectivity index (χ1n) is 8.15. The zero-order chi connectivity index (χ0) is 19.7. The number of ketones is 1. The van der Waals surface area contributed by atoms with Crippen LogP contribution in [0, 0.1) is 11.1 Å². The molecular formula is C18H16Cl2N4O3. The number of pyridine rings is 2. The van der Waals surface area contributed by atoms with Gasteiger partial charge in [-0.3, -0.25) is 14.6 Å². The van der Waals surface area contributed by atoms with E-state index >= 15 is 0 Å². The molecule has 0 radical (unpaired) electrons. The van der Waals surface area contributed by atoms with Gasteiger partial charge in [-0.2, -0.15) is 0 Å². The summed E-state index contributed by atoms with van der Waals surface area (Å²) in [6, 6.07) is 3.16. The zero-order valence-electron chi connectivity index (χ0n) is 14.6. The van der Waals surface area contributed by atoms with Crippen molar-refractivity contribution in [2.75, 3.05) is 5.32 Å². The average Bonchev–Trinajstić information content (AvgIpc) is 2.96. The minimum absolute atomic E-state index is 0.108. The third-order valence-corrected chi connectivity index (χ3v) is 4.46. The maximum absolute atomic E-state index is 12.8. The lowest BCUT2D eigenvalue weighted by Gasteiger charge is -2.07. The number of hydrogen-bond acceptors (Lipinski definition) is 4. The molecule has 0 saturated heterocycles. The van der Waals surface area contributed by atoms with Crippen molar-refractivity contribution in [3.8, 4) is 0 Å². The minimum Gasteiger partial charge on any atom is -0.711 e. The number of nitrogens with zero attached hydrogens (tertiary/aromatic N) is 3. The standard InChI is InChI=1S/C18H16Cl2N4O3/c1-10(2)8-23-9-12(11-4-3-5-24(27)18(11)23)16(25)17(26)22-15-13(19)6-21-7-14(15)20/h3-7,9-10H,8H2,1-2H3,(H,21,22,26). The zero-order valence-corrected chi connectivity index (χ0v) is 16.1. The number of fused-ring (bicyclic) bond motifs is 1. The van der Waals surface area contributed by atoms with E-state index in [1.54, 1.807) is 10.6 Å². The van der Waals surface area contributed by atoms with Crippen LogP contribution in [0.15, 0.2) is 36.9 Å². The van der Waals surface area contributed by atoms with Gasteiger partial charge in [-0.05, 0) is 18.1 Å². The van der Waals surface area contributed by atoms with Crippen molar-refractivity contribution in [2.24, 2.45) is 5.92 Å². The normalized spacial score (nSPS) is 11.1. The second kappa shape index (κ2) is 7.54. The lowest BCUT2D eigenvalue weighted by molar-refractivity contribution is -0.580. The number of hydrogen-bond donors (Lipinski definition) is 1. The van der Waals surface area contributed by atoms with Crippen LogP contribution >= 0.6 is 23.2 Å². The first kappa shape index (κ1) is 19.1. The molecule has 1 N–H and O–H groups in total. The fourth-order valence-corrected chi connectivity index (χ4v) is 3.26. The van der Waals surface area contributed by atoms with Crippen LogP contribution in [0.4, 0.5) is 5.69 Å². The summed E-state index contributed by atoms with van der Waals surface area (Å²) >= 11 is 12.0. The van der Waals surface area contributed by atoms with Crippen LogP contribution in [0.2, 0.25) is 10.0 Å². The molecule has 0 aromatic carbocycles. The molecule has 0 aliphatic rings. The van der Waals surface area contributed by atoms with Crippen molar-refractivity contribution < 1.29 is 14.3 Å². The van der Waals surface area contributed by atoms with Crippen molar-refractivity contribution in [2.45, 2.75) is 20.4 Å². The van der Waals surface area contributed by atoms with E-state index in [1.807, 2.05) is 13.8 Å². The smallest absolute Gasteiger partial charge is 0.297 e. The molecule has 7 nitrogen and oxygen atoms in total. The van der Waals surface area contributed by atoms with E-state index in [2.05, 4.69) is 10.3 Å². The molecule has 0 bridgehead atoms. The molecule has 0 aliphatic heterocycles. The molecule has 0 saturated carbocycles. The van der Waals surface area contributed by atoms with Gasteiger partial charge in [0.15, 0.2) is 0 Å². The maximum atomic E-state index is 12.8. The van der Waals surface area contributed by atoms with Gasteiger partial charge in [0.1, 0.15) is 6.20 Å². The van der Waals surface area contributed by atoms with E-state index in [-0.39, 0.29) is 27.2 Å². The van der Waals surface area contributed by atoms with Gasteiger partial charge in [-0.25, -0.2) is 9.30 Å². The third-order valence-electron chi connectivity index (χ3n) is 3.89. The van der Waals surface area contributed by atoms with E-state index in [9.17, 15) is 14.8 Å². The highest BCUT2D eigenvalue weighted by molar-refractivity contribution is 6.50. The lowest BCUT2D eigenvalue weighted by atomic mass is 10.1. The number of Topliss-reactive ketones (excluding diaryl/α,β-unsaturated/α-hetero) is 1. The Labute approximate surface area is 165 Å². The molecule has 3 rings (SSSR count). The highest BCUT2D eigenvalue weighted by atomic mass is 35.5. The Bertz CT molecular complexity index is 1030. The van der Waals surface area contributed by atoms with Gasteiger partial charge in [0.2, 0.25) is 0 Å². The molecule has 140 valence electrons. The summed E-state index contributed by atoms with van der Waals surface area (Å²) in [6.07, 6.45) is 5.49. The first-order valence-corrected chi connectivity index (χ1v) is 8.91. The molecule has 0 atom stereocenters. The Morgan fingerprint density at radius 2 is 1.96 bits per heavy atom. The fourth-order valence-electron chi connectivity index (χ4n) is 2.80. The Morgan fingerprint density at radius 1 is 1.30 bits per heavy atom. The van der Waals surface area contributed by atoms with Crippen LogP contribution in [0.5, 0.6) is 0 Å². The predicted molar refractivity (Wildman–Crippen MR) is 103 cm³/mol. The van der Waals surface area contributed by atoms with Gasteiger partial charge in [-0.1, -0.05) is 37.0 Å². The Morgan fingerprint density at radius 3 is 2.59 bits per heavy atom. The molecule has 3 aromatic heterocycles. The molecule has 27 heavy (non-hydrogen) atoms. The molecule has 3 heterocycles. The Hall–Kier alpha value is -2.64. The van der Waals surface area contributed by atoms with E-state index in [0.29, 0.717) is 22.3 Å². The molecular weight excluding hydrogens is 391 g/mol. The van der Waals surface area contributed by atoms with Crippen LogP contribution in [0.25, 0.3) is 11.0 Å². The van der Waals surface area contributed by atoms with Crippen molar-refractivity contribution in [1.82, 2.24) is 9.55 Å². The largest absolute Gasteiger partial charge is 0.711 e. The second-order valence-corrected chi connectivity index (χ2v) is 7.24. The van der Waals surface area contributed by atoms with Crippen LogP contribution in [0.1, 0.15) is 24.2 Å². The molecule has 0 fully saturated rings. The Kier molecular flexibility index (Phi) is 5.34. The van der Waals surface area contributed by atoms with Crippen molar-refractivity contribution in [3.63, 3.8) is 0 Å². The lowest BCUT2D eigenvalue weighted by Crippen LogP contribution is -2.29. The van der Waals surface area contributed by atoms with Gasteiger partial charge in [0, 0.05) is 12.4 Å². The fraction of sp³-hybridized carbons (Fsp3) is 0.222. The molecule has 0 unspecified atom stereocenters. The van der Waals surface area contributed by atoms with Crippen molar-refractivity contribution in [1.29, 1.82) is 0 Å². The summed E-state index contributed by atoms with van der Waals surface area (Å²) in [5.41, 5.74) is 0.563. The number of carbonyl (C=O) groups is 2. The van der Waals surface area contributed by atoms with Gasteiger partial charge >= 0.3 is 0 Å². The number of halogens is 2. The monoisotopic (exact) mass is 406 g/mol. The molecule has 0 aliphatic carbocycles. The number of aromatic nitrogens is 3. The molecule has 1 amide bonds.